The summed E-state index contributed by atoms with van der Waals surface area (Å²) >= 11 is 1.34. The summed E-state index contributed by atoms with van der Waals surface area (Å²) in [5.74, 6) is 0.547. The highest BCUT2D eigenvalue weighted by Gasteiger charge is 2.43. The maximum atomic E-state index is 13.0. The molecule has 0 radical (unpaired) electrons. The molecular weight excluding hydrogens is 514 g/mol. The molecule has 0 unspecified atom stereocenters. The number of rotatable bonds is 6. The van der Waals surface area contributed by atoms with E-state index in [0.717, 1.165) is 5.56 Å². The molecule has 2 aromatic rings. The van der Waals surface area contributed by atoms with Gasteiger partial charge in [0, 0.05) is 12.5 Å². The maximum absolute atomic E-state index is 13.0. The minimum Gasteiger partial charge on any atom is -0.492 e. The number of methoxy groups -OCH3 is 2. The topological polar surface area (TPSA) is 144 Å². The fourth-order valence-electron chi connectivity index (χ4n) is 5.03. The van der Waals surface area contributed by atoms with Gasteiger partial charge in [-0.15, -0.1) is 11.8 Å². The number of hydrogen-bond acceptors (Lipinski definition) is 10. The fourth-order valence-corrected chi connectivity index (χ4v) is 5.50. The molecule has 0 aromatic heterocycles. The van der Waals surface area contributed by atoms with Crippen molar-refractivity contribution >= 4 is 17.7 Å². The van der Waals surface area contributed by atoms with E-state index >= 15 is 0 Å². The monoisotopic (exact) mass is 547 g/mol. The lowest BCUT2D eigenvalue weighted by atomic mass is 9.95. The summed E-state index contributed by atoms with van der Waals surface area (Å²) in [5, 5.41) is 33.8. The van der Waals surface area contributed by atoms with Crippen molar-refractivity contribution in [1.29, 1.82) is 0 Å². The van der Waals surface area contributed by atoms with Crippen LogP contribution >= 0.6 is 11.8 Å². The molecule has 0 saturated carbocycles. The van der Waals surface area contributed by atoms with Gasteiger partial charge in [0.2, 0.25) is 17.9 Å². The fraction of sp³-hybridized carbons (Fsp3) is 0.481. The van der Waals surface area contributed by atoms with E-state index in [1.807, 2.05) is 12.3 Å². The first-order chi connectivity index (χ1) is 18.1. The number of carbonyl (C=O) groups is 1. The number of hydrogen-bond donors (Lipinski definition) is 4. The number of benzene rings is 1. The lowest BCUT2D eigenvalue weighted by Crippen LogP contribution is -2.58. The molecular formula is C27H33NO9S. The van der Waals surface area contributed by atoms with Crippen molar-refractivity contribution in [2.45, 2.75) is 68.3 Å². The third kappa shape index (κ3) is 5.21. The number of carbonyl (C=O) groups excluding carboxylic acids is 1. The van der Waals surface area contributed by atoms with E-state index in [0.29, 0.717) is 40.2 Å². The Balaban J connectivity index is 1.90. The first-order valence-electron chi connectivity index (χ1n) is 12.2. The summed E-state index contributed by atoms with van der Waals surface area (Å²) in [7, 11) is 2.93. The van der Waals surface area contributed by atoms with Gasteiger partial charge in [-0.05, 0) is 60.9 Å². The van der Waals surface area contributed by atoms with E-state index in [9.17, 15) is 24.9 Å². The highest BCUT2D eigenvalue weighted by molar-refractivity contribution is 7.98. The molecule has 0 bridgehead atoms. The Morgan fingerprint density at radius 3 is 2.42 bits per heavy atom. The van der Waals surface area contributed by atoms with E-state index < -0.39 is 36.7 Å². The summed E-state index contributed by atoms with van der Waals surface area (Å²) in [6.45, 7) is 3.00. The van der Waals surface area contributed by atoms with E-state index in [1.54, 1.807) is 25.1 Å². The summed E-state index contributed by atoms with van der Waals surface area (Å²) in [6, 6.07) is 6.48. The van der Waals surface area contributed by atoms with Crippen LogP contribution in [0.1, 0.15) is 37.4 Å². The van der Waals surface area contributed by atoms with Gasteiger partial charge in [0.1, 0.15) is 18.3 Å². The normalized spacial score (nSPS) is 26.4. The quantitative estimate of drug-likeness (QED) is 0.395. The zero-order chi connectivity index (χ0) is 27.7. The van der Waals surface area contributed by atoms with Crippen LogP contribution in [0.4, 0.5) is 0 Å². The SMILES string of the molecule is COc1c(O[C@H]2O[C@@H](C)[C@H](O)[C@@H](O)[C@H]2O)cc2c(c1OC)-c1ccc(SC)c(=O)cc1[C@@H](NC(C)=O)CC2. The highest BCUT2D eigenvalue weighted by Crippen LogP contribution is 2.50. The number of aryl methyl sites for hydroxylation is 1. The van der Waals surface area contributed by atoms with Crippen LogP contribution in [0.3, 0.4) is 0 Å². The van der Waals surface area contributed by atoms with E-state index in [4.69, 9.17) is 18.9 Å². The number of aliphatic hydroxyl groups excluding tert-OH is 3. The van der Waals surface area contributed by atoms with E-state index in [-0.39, 0.29) is 22.8 Å². The molecule has 1 aliphatic carbocycles. The molecule has 0 spiro atoms. The second kappa shape index (κ2) is 11.5. The van der Waals surface area contributed by atoms with Crippen LogP contribution in [-0.2, 0) is 16.0 Å². The van der Waals surface area contributed by atoms with E-state index in [1.165, 1.54) is 32.9 Å². The lowest BCUT2D eigenvalue weighted by Gasteiger charge is -2.39. The van der Waals surface area contributed by atoms with Gasteiger partial charge in [0.25, 0.3) is 0 Å². The third-order valence-corrected chi connectivity index (χ3v) is 7.71. The van der Waals surface area contributed by atoms with Crippen molar-refractivity contribution in [3.8, 4) is 28.4 Å². The Kier molecular flexibility index (Phi) is 8.53. The smallest absolute Gasteiger partial charge is 0.229 e. The number of aliphatic hydroxyl groups is 3. The number of nitrogens with one attached hydrogen (secondary N) is 1. The average Bonchev–Trinajstić information content (AvgIpc) is 3.13. The Bertz CT molecular complexity index is 1270. The van der Waals surface area contributed by atoms with Gasteiger partial charge >= 0.3 is 0 Å². The number of ether oxygens (including phenoxy) is 4. The minimum atomic E-state index is -1.51. The molecule has 1 saturated heterocycles. The summed E-state index contributed by atoms with van der Waals surface area (Å²) in [4.78, 5) is 25.6. The number of thioether (sulfide) groups is 1. The predicted octanol–water partition coefficient (Wildman–Crippen LogP) is 1.78. The van der Waals surface area contributed by atoms with Crippen LogP contribution in [0.2, 0.25) is 0 Å². The average molecular weight is 548 g/mol. The molecule has 2 aromatic carbocycles. The summed E-state index contributed by atoms with van der Waals surface area (Å²) in [5.41, 5.74) is 2.71. The molecule has 2 aliphatic rings. The molecule has 206 valence electrons. The van der Waals surface area contributed by atoms with Crippen LogP contribution in [-0.4, -0.2) is 72.4 Å². The first kappa shape index (κ1) is 28.2. The molecule has 1 aliphatic heterocycles. The second-order valence-corrected chi connectivity index (χ2v) is 10.2. The molecule has 38 heavy (non-hydrogen) atoms. The van der Waals surface area contributed by atoms with Gasteiger partial charge in [-0.3, -0.25) is 9.59 Å². The van der Waals surface area contributed by atoms with Gasteiger partial charge in [0.05, 0.1) is 31.3 Å². The molecule has 11 heteroatoms. The van der Waals surface area contributed by atoms with Crippen LogP contribution in [0, 0.1) is 0 Å². The van der Waals surface area contributed by atoms with Crippen molar-refractivity contribution in [3.63, 3.8) is 0 Å². The number of fused-ring (bicyclic) bond motifs is 3. The molecule has 1 heterocycles. The largest absolute Gasteiger partial charge is 0.492 e. The third-order valence-electron chi connectivity index (χ3n) is 6.93. The lowest BCUT2D eigenvalue weighted by molar-refractivity contribution is -0.268. The Morgan fingerprint density at radius 2 is 1.79 bits per heavy atom. The molecule has 4 N–H and O–H groups in total. The van der Waals surface area contributed by atoms with Crippen molar-refractivity contribution in [3.05, 3.63) is 45.6 Å². The predicted molar refractivity (Wildman–Crippen MR) is 141 cm³/mol. The van der Waals surface area contributed by atoms with Crippen molar-refractivity contribution < 1.29 is 39.1 Å². The molecule has 10 nitrogen and oxygen atoms in total. The molecule has 6 atom stereocenters. The molecule has 1 amide bonds. The first-order valence-corrected chi connectivity index (χ1v) is 13.5. The summed E-state index contributed by atoms with van der Waals surface area (Å²) < 4.78 is 23.2. The van der Waals surface area contributed by atoms with Gasteiger partial charge < -0.3 is 39.6 Å². The van der Waals surface area contributed by atoms with Crippen molar-refractivity contribution in [2.75, 3.05) is 20.5 Å². The van der Waals surface area contributed by atoms with Gasteiger partial charge in [-0.2, -0.15) is 0 Å². The van der Waals surface area contributed by atoms with Crippen molar-refractivity contribution in [2.24, 2.45) is 0 Å². The van der Waals surface area contributed by atoms with E-state index in [2.05, 4.69) is 5.32 Å². The van der Waals surface area contributed by atoms with Crippen LogP contribution < -0.4 is 25.0 Å². The van der Waals surface area contributed by atoms with Crippen molar-refractivity contribution in [1.82, 2.24) is 5.32 Å². The summed E-state index contributed by atoms with van der Waals surface area (Å²) in [6.07, 6.45) is -3.50. The zero-order valence-electron chi connectivity index (χ0n) is 21.9. The highest BCUT2D eigenvalue weighted by atomic mass is 32.2. The number of amides is 1. The standard InChI is InChI=1S/C27H33NO9S/c1-12-22(31)23(32)24(33)27(36-12)37-19-10-14-6-8-17(28-13(2)29)16-11-18(30)20(38-5)9-7-15(16)21(14)26(35-4)25(19)34-3/h7,9-12,17,22-24,27,31-33H,6,8H2,1-5H3,(H,28,29)/t12-,17-,22-,23+,24+,27+/m0/s1. The van der Waals surface area contributed by atoms with Crippen LogP contribution in [0.5, 0.6) is 17.2 Å². The zero-order valence-corrected chi connectivity index (χ0v) is 22.7. The second-order valence-electron chi connectivity index (χ2n) is 9.35. The minimum absolute atomic E-state index is 0.151. The van der Waals surface area contributed by atoms with Gasteiger partial charge in [-0.25, -0.2) is 0 Å². The van der Waals surface area contributed by atoms with Crippen LogP contribution in [0.15, 0.2) is 34.0 Å². The molecule has 1 fully saturated rings. The van der Waals surface area contributed by atoms with Gasteiger partial charge in [-0.1, -0.05) is 6.07 Å². The maximum Gasteiger partial charge on any atom is 0.229 e. The van der Waals surface area contributed by atoms with Gasteiger partial charge in [0.15, 0.2) is 16.9 Å². The van der Waals surface area contributed by atoms with Crippen LogP contribution in [0.25, 0.3) is 11.1 Å². The Hall–Kier alpha value is -2.83. The Morgan fingerprint density at radius 1 is 1.08 bits per heavy atom. The molecule has 4 rings (SSSR count). The Labute approximate surface area is 224 Å².